The van der Waals surface area contributed by atoms with Gasteiger partial charge in [0.15, 0.2) is 0 Å². The summed E-state index contributed by atoms with van der Waals surface area (Å²) in [7, 11) is -13.7. The molecule has 3 fully saturated rings. The molecule has 3 saturated heterocycles. The minimum Gasteiger partial charge on any atom is -0.373 e. The highest BCUT2D eigenvalue weighted by atomic mass is 32.1. The van der Waals surface area contributed by atoms with E-state index in [-0.39, 0.29) is 44.4 Å². The van der Waals surface area contributed by atoms with Crippen LogP contribution in [0.4, 0.5) is 0 Å². The summed E-state index contributed by atoms with van der Waals surface area (Å²) in [6.45, 7) is 7.94. The third kappa shape index (κ3) is 15.3. The number of rotatable bonds is 22. The Hall–Kier alpha value is 0.520. The molecule has 0 aromatic carbocycles. The summed E-state index contributed by atoms with van der Waals surface area (Å²) in [5.41, 5.74) is 0. The van der Waals surface area contributed by atoms with E-state index in [0.29, 0.717) is 12.8 Å². The van der Waals surface area contributed by atoms with Crippen molar-refractivity contribution in [3.05, 3.63) is 0 Å². The Morgan fingerprint density at radius 1 is 0.638 bits per heavy atom. The van der Waals surface area contributed by atoms with Gasteiger partial charge in [0.1, 0.15) is 30.5 Å². The first-order valence-corrected chi connectivity index (χ1v) is 21.3. The molecular weight excluding hydrogens is 705 g/mol. The van der Waals surface area contributed by atoms with Gasteiger partial charge in [0.2, 0.25) is 0 Å². The first-order valence-electron chi connectivity index (χ1n) is 16.1. The maximum absolute atomic E-state index is 12.9. The average molecular weight is 759 g/mol. The summed E-state index contributed by atoms with van der Waals surface area (Å²) < 4.78 is 92.4. The lowest BCUT2D eigenvalue weighted by molar-refractivity contribution is -0.0660. The molecule has 47 heavy (non-hydrogen) atoms. The zero-order valence-corrected chi connectivity index (χ0v) is 31.3. The summed E-state index contributed by atoms with van der Waals surface area (Å²) in [6, 6.07) is 0. The number of thiol groups is 1. The van der Waals surface area contributed by atoms with E-state index in [4.69, 9.17) is 46.1 Å². The molecule has 20 heteroatoms. The number of phosphoric acid groups is 3. The van der Waals surface area contributed by atoms with E-state index in [2.05, 4.69) is 12.6 Å². The average Bonchev–Trinajstić information content (AvgIpc) is 3.61. The SMILES string of the molecule is CC(C)O[C@H]1C[C@H](C)OC1COP(=O)(O)O[C@H]1C[C@H](C)OC1COP(=O)(O)O[C@H]1C[C@H](C)OC1COP(=O)(O)OCCCCCCS. The second kappa shape index (κ2) is 19.4. The summed E-state index contributed by atoms with van der Waals surface area (Å²) in [4.78, 5) is 31.0. The van der Waals surface area contributed by atoms with Crippen LogP contribution >= 0.6 is 36.1 Å². The second-order valence-electron chi connectivity index (χ2n) is 12.4. The minimum absolute atomic E-state index is 0.0360. The highest BCUT2D eigenvalue weighted by molar-refractivity contribution is 7.80. The molecule has 0 aromatic rings. The van der Waals surface area contributed by atoms with Crippen molar-refractivity contribution in [2.45, 2.75) is 141 Å². The molecule has 3 aliphatic rings. The van der Waals surface area contributed by atoms with Crippen LogP contribution in [-0.2, 0) is 59.8 Å². The second-order valence-corrected chi connectivity index (χ2v) is 17.2. The molecule has 0 amide bonds. The third-order valence-electron chi connectivity index (χ3n) is 7.65. The van der Waals surface area contributed by atoms with Gasteiger partial charge in [0, 0.05) is 19.3 Å². The van der Waals surface area contributed by atoms with Gasteiger partial charge in [-0.3, -0.25) is 27.1 Å². The van der Waals surface area contributed by atoms with Gasteiger partial charge >= 0.3 is 23.5 Å². The van der Waals surface area contributed by atoms with Crippen molar-refractivity contribution in [2.24, 2.45) is 0 Å². The molecule has 0 saturated carbocycles. The maximum Gasteiger partial charge on any atom is 0.472 e. The first-order chi connectivity index (χ1) is 22.0. The van der Waals surface area contributed by atoms with E-state index >= 15 is 0 Å². The van der Waals surface area contributed by atoms with Gasteiger partial charge in [0.25, 0.3) is 0 Å². The van der Waals surface area contributed by atoms with E-state index in [0.717, 1.165) is 25.0 Å². The lowest BCUT2D eigenvalue weighted by Gasteiger charge is -2.25. The largest absolute Gasteiger partial charge is 0.472 e. The van der Waals surface area contributed by atoms with Crippen LogP contribution in [0.2, 0.25) is 0 Å². The van der Waals surface area contributed by atoms with E-state index in [1.54, 1.807) is 13.8 Å². The Bertz CT molecular complexity index is 1090. The molecule has 3 heterocycles. The van der Waals surface area contributed by atoms with Gasteiger partial charge in [-0.15, -0.1) is 0 Å². The molecule has 3 N–H and O–H groups in total. The highest BCUT2D eigenvalue weighted by Crippen LogP contribution is 2.51. The molecule has 12 atom stereocenters. The van der Waals surface area contributed by atoms with Crippen LogP contribution < -0.4 is 0 Å². The summed E-state index contributed by atoms with van der Waals surface area (Å²) in [5.74, 6) is 0.772. The summed E-state index contributed by atoms with van der Waals surface area (Å²) in [6.07, 6.45) is -1.52. The van der Waals surface area contributed by atoms with Crippen LogP contribution in [-0.4, -0.2) is 108 Å². The Balaban J connectivity index is 1.47. The van der Waals surface area contributed by atoms with Crippen molar-refractivity contribution in [2.75, 3.05) is 32.2 Å². The zero-order valence-electron chi connectivity index (χ0n) is 27.7. The fourth-order valence-electron chi connectivity index (χ4n) is 5.61. The van der Waals surface area contributed by atoms with E-state index < -0.39 is 79.4 Å². The molecular formula is C27H53O16P3S. The molecule has 0 aliphatic carbocycles. The van der Waals surface area contributed by atoms with Crippen LogP contribution in [0.5, 0.6) is 0 Å². The number of hydrogen-bond acceptors (Lipinski definition) is 14. The summed E-state index contributed by atoms with van der Waals surface area (Å²) in [5, 5.41) is 0. The summed E-state index contributed by atoms with van der Waals surface area (Å²) >= 11 is 4.14. The van der Waals surface area contributed by atoms with Crippen molar-refractivity contribution < 1.29 is 74.5 Å². The zero-order chi connectivity index (χ0) is 34.8. The van der Waals surface area contributed by atoms with Gasteiger partial charge in [-0.25, -0.2) is 13.7 Å². The van der Waals surface area contributed by atoms with Crippen LogP contribution in [0.1, 0.15) is 79.6 Å². The maximum atomic E-state index is 12.9. The molecule has 0 aromatic heterocycles. The predicted molar refractivity (Wildman–Crippen MR) is 172 cm³/mol. The van der Waals surface area contributed by atoms with Crippen LogP contribution in [0.3, 0.4) is 0 Å². The monoisotopic (exact) mass is 758 g/mol. The van der Waals surface area contributed by atoms with Crippen molar-refractivity contribution >= 4 is 36.1 Å². The normalized spacial score (nSPS) is 35.2. The first kappa shape index (κ1) is 41.9. The van der Waals surface area contributed by atoms with Crippen molar-refractivity contribution in [3.8, 4) is 0 Å². The topological polar surface area (TPSA) is 204 Å². The van der Waals surface area contributed by atoms with E-state index in [9.17, 15) is 28.4 Å². The van der Waals surface area contributed by atoms with E-state index in [1.165, 1.54) is 0 Å². The van der Waals surface area contributed by atoms with Gasteiger partial charge < -0.3 is 33.6 Å². The molecule has 0 bridgehead atoms. The lowest BCUT2D eigenvalue weighted by Crippen LogP contribution is -2.32. The van der Waals surface area contributed by atoms with Crippen LogP contribution in [0.15, 0.2) is 0 Å². The Morgan fingerprint density at radius 2 is 1.04 bits per heavy atom. The van der Waals surface area contributed by atoms with Gasteiger partial charge in [-0.1, -0.05) is 12.8 Å². The predicted octanol–water partition coefficient (Wildman–Crippen LogP) is 4.94. The van der Waals surface area contributed by atoms with Gasteiger partial charge in [0.05, 0.1) is 56.9 Å². The van der Waals surface area contributed by atoms with Crippen LogP contribution in [0.25, 0.3) is 0 Å². The Labute approximate surface area is 283 Å². The molecule has 3 aliphatic heterocycles. The Kier molecular flexibility index (Phi) is 17.3. The molecule has 278 valence electrons. The van der Waals surface area contributed by atoms with Gasteiger partial charge in [-0.05, 0) is 53.2 Å². The van der Waals surface area contributed by atoms with E-state index in [1.807, 2.05) is 20.8 Å². The molecule has 0 spiro atoms. The van der Waals surface area contributed by atoms with Crippen molar-refractivity contribution in [1.82, 2.24) is 0 Å². The highest BCUT2D eigenvalue weighted by Gasteiger charge is 2.44. The fourth-order valence-corrected chi connectivity index (χ4v) is 8.52. The van der Waals surface area contributed by atoms with Crippen molar-refractivity contribution in [3.63, 3.8) is 0 Å². The Morgan fingerprint density at radius 3 is 1.49 bits per heavy atom. The number of hydrogen-bond donors (Lipinski definition) is 4. The van der Waals surface area contributed by atoms with Gasteiger partial charge in [-0.2, -0.15) is 12.6 Å². The molecule has 16 nitrogen and oxygen atoms in total. The third-order valence-corrected chi connectivity index (χ3v) is 11.0. The fraction of sp³-hybridized carbons (Fsp3) is 1.00. The smallest absolute Gasteiger partial charge is 0.373 e. The standard InChI is InChI=1S/C27H53O16P3S/c1-18(2)38-22-12-19(3)39-25(22)15-36-45(30,31)43-24-14-21(5)41-27(24)17-37-46(32,33)42-23-13-20(4)40-26(23)16-35-44(28,29)34-10-8-6-7-9-11-47/h18-27,47H,6-17H2,1-5H3,(H,28,29)(H,30,31)(H,32,33)/t19-,20-,21-,22-,23-,24-,25?,26?,27?/m0/s1. The number of unbranched alkanes of at least 4 members (excludes halogenated alkanes) is 3. The quantitative estimate of drug-likeness (QED) is 0.0656. The lowest BCUT2D eigenvalue weighted by atomic mass is 10.1. The number of ether oxygens (including phenoxy) is 4. The molecule has 0 radical (unpaired) electrons. The van der Waals surface area contributed by atoms with Crippen LogP contribution in [0, 0.1) is 0 Å². The molecule has 3 rings (SSSR count). The molecule has 6 unspecified atom stereocenters. The number of phosphoric ester groups is 3. The van der Waals surface area contributed by atoms with Crippen molar-refractivity contribution in [1.29, 1.82) is 0 Å². The minimum atomic E-state index is -4.74.